The van der Waals surface area contributed by atoms with Crippen LogP contribution < -0.4 is 10.4 Å². The molecule has 0 aliphatic carbocycles. The van der Waals surface area contributed by atoms with E-state index in [4.69, 9.17) is 20.8 Å². The van der Waals surface area contributed by atoms with Crippen LogP contribution in [0.2, 0.25) is 10.1 Å². The predicted molar refractivity (Wildman–Crippen MR) is 179 cm³/mol. The largest absolute Gasteiger partial charge is 0.508 e. The Hall–Kier alpha value is -2.68. The summed E-state index contributed by atoms with van der Waals surface area (Å²) in [6.45, 7) is 9.24. The molecule has 0 bridgehead atoms. The lowest BCUT2D eigenvalue weighted by atomic mass is 9.96. The first-order valence-electron chi connectivity index (χ1n) is 14.9. The summed E-state index contributed by atoms with van der Waals surface area (Å²) in [5.41, 5.74) is 3.79. The first kappa shape index (κ1) is 31.7. The van der Waals surface area contributed by atoms with Gasteiger partial charge in [-0.25, -0.2) is 8.42 Å². The van der Waals surface area contributed by atoms with Crippen molar-refractivity contribution in [1.29, 1.82) is 0 Å². The van der Waals surface area contributed by atoms with E-state index in [9.17, 15) is 13.5 Å². The van der Waals surface area contributed by atoms with Gasteiger partial charge in [-0.3, -0.25) is 0 Å². The first-order valence-corrected chi connectivity index (χ1v) is 18.9. The average molecular weight is 637 g/mol. The molecule has 1 N–H and O–H groups in total. The zero-order valence-electron chi connectivity index (χ0n) is 25.3. The second kappa shape index (κ2) is 12.7. The van der Waals surface area contributed by atoms with Gasteiger partial charge in [-0.1, -0.05) is 112 Å². The van der Waals surface area contributed by atoms with Gasteiger partial charge in [-0.15, -0.1) is 0 Å². The van der Waals surface area contributed by atoms with Crippen molar-refractivity contribution in [2.24, 2.45) is 0 Å². The van der Waals surface area contributed by atoms with Crippen LogP contribution >= 0.6 is 11.6 Å². The molecule has 2 heterocycles. The lowest BCUT2D eigenvalue weighted by Gasteiger charge is -2.43. The number of halogens is 1. The second-order valence-electron chi connectivity index (χ2n) is 12.5. The van der Waals surface area contributed by atoms with Crippen molar-refractivity contribution in [2.45, 2.75) is 63.3 Å². The number of benzene rings is 3. The number of hydrogen-bond donors (Lipinski definition) is 1. The van der Waals surface area contributed by atoms with Crippen LogP contribution in [0.15, 0.2) is 95.6 Å². The molecule has 1 fully saturated rings. The van der Waals surface area contributed by atoms with Gasteiger partial charge in [0.15, 0.2) is 9.84 Å². The Bertz CT molecular complexity index is 1570. The van der Waals surface area contributed by atoms with Crippen LogP contribution in [-0.4, -0.2) is 52.2 Å². The van der Waals surface area contributed by atoms with Crippen molar-refractivity contribution in [1.82, 2.24) is 0 Å². The van der Waals surface area contributed by atoms with Crippen molar-refractivity contribution < 1.29 is 22.7 Å². The van der Waals surface area contributed by atoms with E-state index in [1.165, 1.54) is 22.0 Å². The topological polar surface area (TPSA) is 72.8 Å². The summed E-state index contributed by atoms with van der Waals surface area (Å²) >= 11 is 6.36. The van der Waals surface area contributed by atoms with Crippen LogP contribution in [0, 0.1) is 0 Å². The number of ether oxygens (including phenoxy) is 1. The summed E-state index contributed by atoms with van der Waals surface area (Å²) in [6, 6.07) is 25.8. The highest BCUT2D eigenvalue weighted by Crippen LogP contribution is 2.41. The molecule has 0 saturated carbocycles. The van der Waals surface area contributed by atoms with Gasteiger partial charge in [-0.2, -0.15) is 0 Å². The number of phenols is 1. The smallest absolute Gasteiger partial charge is 0.261 e. The maximum absolute atomic E-state index is 13.3. The molecule has 0 spiro atoms. The number of aromatic hydroxyl groups is 1. The Morgan fingerprint density at radius 1 is 1.05 bits per heavy atom. The summed E-state index contributed by atoms with van der Waals surface area (Å²) in [7, 11) is -6.19. The Morgan fingerprint density at radius 2 is 1.67 bits per heavy atom. The van der Waals surface area contributed by atoms with E-state index < -0.39 is 23.4 Å². The van der Waals surface area contributed by atoms with E-state index in [1.54, 1.807) is 6.07 Å². The Morgan fingerprint density at radius 3 is 2.23 bits per heavy atom. The van der Waals surface area contributed by atoms with Crippen LogP contribution in [-0.2, 0) is 19.0 Å². The van der Waals surface area contributed by atoms with Crippen LogP contribution in [0.3, 0.4) is 0 Å². The molecule has 3 aromatic rings. The summed E-state index contributed by atoms with van der Waals surface area (Å²) in [5, 5.41) is 11.7. The monoisotopic (exact) mass is 636 g/mol. The predicted octanol–water partition coefficient (Wildman–Crippen LogP) is 6.69. The fraction of sp³-hybridized carbons (Fsp3) is 0.371. The molecule has 0 amide bonds. The maximum Gasteiger partial charge on any atom is 0.261 e. The molecule has 0 unspecified atom stereocenters. The molecule has 3 aromatic carbocycles. The lowest BCUT2D eigenvalue weighted by molar-refractivity contribution is 0.117. The van der Waals surface area contributed by atoms with Crippen molar-refractivity contribution in [2.75, 3.05) is 19.0 Å². The number of hydrogen-bond acceptors (Lipinski definition) is 5. The third-order valence-electron chi connectivity index (χ3n) is 8.76. The van der Waals surface area contributed by atoms with Crippen LogP contribution in [0.25, 0.3) is 6.08 Å². The summed E-state index contributed by atoms with van der Waals surface area (Å²) in [6.07, 6.45) is 4.04. The van der Waals surface area contributed by atoms with E-state index in [1.807, 2.05) is 18.2 Å². The molecule has 5 rings (SSSR count). The Labute approximate surface area is 262 Å². The average Bonchev–Trinajstić information content (AvgIpc) is 3.52. The standard InChI is InChI=1S/C35H41ClO5SSi/c1-5-25(20-26-17-18-28(37)21-31(26)36)16-19-32-34-27(24-42(38,39)33(34)23-40-32)22-41-43(35(2,3)4,29-12-8-6-9-13-29)30-14-10-7-11-15-30/h6-15,17-18,20-21,32-33,37H,5,16,19,22-24H2,1-4H3/b25-20+/t32-,33+/m1/s1. The van der Waals surface area contributed by atoms with Crippen molar-refractivity contribution in [3.8, 4) is 5.75 Å². The minimum atomic E-state index is -3.36. The van der Waals surface area contributed by atoms with E-state index in [-0.39, 0.29) is 35.9 Å². The summed E-state index contributed by atoms with van der Waals surface area (Å²) in [5.74, 6) is 0.151. The highest BCUT2D eigenvalue weighted by atomic mass is 35.5. The molecule has 228 valence electrons. The van der Waals surface area contributed by atoms with Crippen molar-refractivity contribution in [3.05, 3.63) is 106 Å². The molecule has 43 heavy (non-hydrogen) atoms. The maximum atomic E-state index is 13.3. The fourth-order valence-electron chi connectivity index (χ4n) is 6.61. The van der Waals surface area contributed by atoms with E-state index in [2.05, 4.69) is 82.3 Å². The highest BCUT2D eigenvalue weighted by molar-refractivity contribution is 7.92. The normalized spacial score (nSPS) is 20.4. The van der Waals surface area contributed by atoms with Gasteiger partial charge in [0.1, 0.15) is 11.0 Å². The zero-order valence-corrected chi connectivity index (χ0v) is 27.9. The number of fused-ring (bicyclic) bond motifs is 1. The molecule has 8 heteroatoms. The minimum absolute atomic E-state index is 0.0185. The van der Waals surface area contributed by atoms with Crippen LogP contribution in [0.4, 0.5) is 0 Å². The molecular weight excluding hydrogens is 596 g/mol. The van der Waals surface area contributed by atoms with Gasteiger partial charge in [0.2, 0.25) is 0 Å². The number of phenolic OH excluding ortho intramolecular Hbond substituents is 1. The quantitative estimate of drug-likeness (QED) is 0.198. The number of rotatable bonds is 10. The molecule has 0 aromatic heterocycles. The van der Waals surface area contributed by atoms with Gasteiger partial charge in [-0.05, 0) is 69.6 Å². The molecule has 2 aliphatic heterocycles. The zero-order chi connectivity index (χ0) is 30.8. The molecule has 2 atom stereocenters. The second-order valence-corrected chi connectivity index (χ2v) is 19.4. The molecule has 5 nitrogen and oxygen atoms in total. The first-order chi connectivity index (χ1) is 20.5. The summed E-state index contributed by atoms with van der Waals surface area (Å²) in [4.78, 5) is 0. The molecule has 2 aliphatic rings. The Kier molecular flexibility index (Phi) is 9.40. The molecule has 0 radical (unpaired) electrons. The third-order valence-corrected chi connectivity index (χ3v) is 16.1. The van der Waals surface area contributed by atoms with Crippen molar-refractivity contribution in [3.63, 3.8) is 0 Å². The van der Waals surface area contributed by atoms with E-state index >= 15 is 0 Å². The minimum Gasteiger partial charge on any atom is -0.508 e. The lowest BCUT2D eigenvalue weighted by Crippen LogP contribution is -2.66. The summed E-state index contributed by atoms with van der Waals surface area (Å²) < 4.78 is 40.0. The molecule has 1 saturated heterocycles. The Balaban J connectivity index is 1.46. The van der Waals surface area contributed by atoms with Gasteiger partial charge >= 0.3 is 0 Å². The van der Waals surface area contributed by atoms with Crippen LogP contribution in [0.5, 0.6) is 5.75 Å². The van der Waals surface area contributed by atoms with Crippen molar-refractivity contribution >= 4 is 46.2 Å². The van der Waals surface area contributed by atoms with E-state index in [0.717, 1.165) is 29.6 Å². The molecular formula is C35H41ClO5SSi. The number of allylic oxidation sites excluding steroid dienone is 1. The number of sulfone groups is 1. The third kappa shape index (κ3) is 6.42. The van der Waals surface area contributed by atoms with Crippen LogP contribution in [0.1, 0.15) is 52.5 Å². The van der Waals surface area contributed by atoms with E-state index in [0.29, 0.717) is 11.4 Å². The van der Waals surface area contributed by atoms with Gasteiger partial charge in [0.25, 0.3) is 8.32 Å². The van der Waals surface area contributed by atoms with Gasteiger partial charge in [0.05, 0.1) is 30.1 Å². The highest BCUT2D eigenvalue weighted by Gasteiger charge is 2.52. The fourth-order valence-corrected chi connectivity index (χ4v) is 13.3. The van der Waals surface area contributed by atoms with Gasteiger partial charge in [0, 0.05) is 0 Å². The SMILES string of the molecule is CC/C(=C\c1ccc(O)cc1Cl)CC[C@H]1OC[C@H]2C1=C(CO[Si](c1ccccc1)(c1ccccc1)C(C)(C)C)CS2(=O)=O. The van der Waals surface area contributed by atoms with Gasteiger partial charge < -0.3 is 14.3 Å².